The minimum atomic E-state index is -0.986. The summed E-state index contributed by atoms with van der Waals surface area (Å²) in [6.45, 7) is -0.508. The van der Waals surface area contributed by atoms with Gasteiger partial charge in [0.25, 0.3) is 11.8 Å². The van der Waals surface area contributed by atoms with E-state index in [1.807, 2.05) is 0 Å². The Labute approximate surface area is 200 Å². The SMILES string of the molecule is O=C(COC(=O)CCCNC(=O)c1ccc(F)cc1F)Nc1ccccc1C(=O)c1ccccc1. The molecule has 3 aromatic rings. The predicted octanol–water partition coefficient (Wildman–Crippen LogP) is 3.89. The van der Waals surface area contributed by atoms with Crippen molar-refractivity contribution in [3.05, 3.63) is 101 Å². The molecule has 7 nitrogen and oxygen atoms in total. The number of carbonyl (C=O) groups excluding carboxylic acids is 4. The first-order chi connectivity index (χ1) is 16.8. The Hall–Kier alpha value is -4.40. The Kier molecular flexibility index (Phi) is 8.77. The van der Waals surface area contributed by atoms with Gasteiger partial charge in [0.1, 0.15) is 11.6 Å². The number of amides is 2. The summed E-state index contributed by atoms with van der Waals surface area (Å²) in [5, 5.41) is 4.99. The van der Waals surface area contributed by atoms with Crippen molar-refractivity contribution in [3.8, 4) is 0 Å². The number of anilines is 1. The van der Waals surface area contributed by atoms with Crippen molar-refractivity contribution in [2.45, 2.75) is 12.8 Å². The van der Waals surface area contributed by atoms with Crippen molar-refractivity contribution < 1.29 is 32.7 Å². The van der Waals surface area contributed by atoms with Crippen LogP contribution in [-0.4, -0.2) is 36.7 Å². The number of halogens is 2. The van der Waals surface area contributed by atoms with E-state index in [0.717, 1.165) is 12.1 Å². The van der Waals surface area contributed by atoms with Gasteiger partial charge in [-0.15, -0.1) is 0 Å². The fourth-order valence-electron chi connectivity index (χ4n) is 3.14. The van der Waals surface area contributed by atoms with Crippen LogP contribution in [0, 0.1) is 11.6 Å². The Morgan fingerprint density at radius 3 is 2.29 bits per heavy atom. The minimum absolute atomic E-state index is 0.0475. The van der Waals surface area contributed by atoms with Crippen molar-refractivity contribution >= 4 is 29.3 Å². The summed E-state index contributed by atoms with van der Waals surface area (Å²) in [6, 6.07) is 17.7. The number of rotatable bonds is 10. The van der Waals surface area contributed by atoms with Gasteiger partial charge in [0.05, 0.1) is 11.3 Å². The lowest BCUT2D eigenvalue weighted by atomic mass is 10.0. The van der Waals surface area contributed by atoms with Crippen LogP contribution in [0.15, 0.2) is 72.8 Å². The van der Waals surface area contributed by atoms with Crippen LogP contribution in [0.2, 0.25) is 0 Å². The molecule has 3 rings (SSSR count). The van der Waals surface area contributed by atoms with Gasteiger partial charge in [0.15, 0.2) is 12.4 Å². The first-order valence-corrected chi connectivity index (χ1v) is 10.7. The maximum absolute atomic E-state index is 13.6. The van der Waals surface area contributed by atoms with Crippen molar-refractivity contribution in [2.24, 2.45) is 0 Å². The molecular formula is C26H22F2N2O5. The second kappa shape index (κ2) is 12.2. The summed E-state index contributed by atoms with van der Waals surface area (Å²) in [4.78, 5) is 48.8. The molecule has 0 saturated heterocycles. The van der Waals surface area contributed by atoms with Gasteiger partial charge in [0, 0.05) is 30.2 Å². The lowest BCUT2D eigenvalue weighted by Gasteiger charge is -2.11. The molecule has 2 amide bonds. The van der Waals surface area contributed by atoms with Gasteiger partial charge in [-0.25, -0.2) is 8.78 Å². The number of ether oxygens (including phenoxy) is 1. The maximum Gasteiger partial charge on any atom is 0.306 e. The number of hydrogen-bond donors (Lipinski definition) is 2. The molecule has 180 valence electrons. The maximum atomic E-state index is 13.6. The quantitative estimate of drug-likeness (QED) is 0.261. The van der Waals surface area contributed by atoms with E-state index < -0.39 is 36.0 Å². The molecule has 0 atom stereocenters. The van der Waals surface area contributed by atoms with Crippen LogP contribution in [0.4, 0.5) is 14.5 Å². The average molecular weight is 480 g/mol. The Morgan fingerprint density at radius 1 is 0.829 bits per heavy atom. The largest absolute Gasteiger partial charge is 0.456 e. The normalized spacial score (nSPS) is 10.3. The number of benzene rings is 3. The fraction of sp³-hybridized carbons (Fsp3) is 0.154. The molecule has 3 aromatic carbocycles. The smallest absolute Gasteiger partial charge is 0.306 e. The molecule has 9 heteroatoms. The second-order valence-corrected chi connectivity index (χ2v) is 7.43. The lowest BCUT2D eigenvalue weighted by Crippen LogP contribution is -2.26. The van der Waals surface area contributed by atoms with Gasteiger partial charge in [-0.1, -0.05) is 42.5 Å². The van der Waals surface area contributed by atoms with Gasteiger partial charge >= 0.3 is 5.97 Å². The number of ketones is 1. The molecule has 0 heterocycles. The van der Waals surface area contributed by atoms with Gasteiger partial charge < -0.3 is 15.4 Å². The molecule has 0 radical (unpaired) electrons. The Morgan fingerprint density at radius 2 is 1.54 bits per heavy atom. The monoisotopic (exact) mass is 480 g/mol. The highest BCUT2D eigenvalue weighted by Crippen LogP contribution is 2.19. The van der Waals surface area contributed by atoms with Crippen LogP contribution in [0.25, 0.3) is 0 Å². The lowest BCUT2D eigenvalue weighted by molar-refractivity contribution is -0.147. The third-order valence-corrected chi connectivity index (χ3v) is 4.86. The molecule has 0 aliphatic heterocycles. The molecule has 0 bridgehead atoms. The van der Waals surface area contributed by atoms with E-state index in [0.29, 0.717) is 17.2 Å². The van der Waals surface area contributed by atoms with Crippen LogP contribution < -0.4 is 10.6 Å². The zero-order valence-electron chi connectivity index (χ0n) is 18.6. The predicted molar refractivity (Wildman–Crippen MR) is 124 cm³/mol. The topological polar surface area (TPSA) is 102 Å². The standard InChI is InChI=1S/C26H22F2N2O5/c27-18-12-13-19(21(28)15-18)26(34)29-14-6-11-24(32)35-16-23(31)30-22-10-5-4-9-20(22)25(33)17-7-2-1-3-8-17/h1-5,7-10,12-13,15H,6,11,14,16H2,(H,29,34)(H,30,31). The highest BCUT2D eigenvalue weighted by Gasteiger charge is 2.16. The summed E-state index contributed by atoms with van der Waals surface area (Å²) in [5.41, 5.74) is 0.747. The van der Waals surface area contributed by atoms with E-state index in [1.54, 1.807) is 54.6 Å². The van der Waals surface area contributed by atoms with E-state index in [2.05, 4.69) is 10.6 Å². The third kappa shape index (κ3) is 7.29. The van der Waals surface area contributed by atoms with Crippen LogP contribution in [0.5, 0.6) is 0 Å². The van der Waals surface area contributed by atoms with Gasteiger partial charge in [0.2, 0.25) is 0 Å². The third-order valence-electron chi connectivity index (χ3n) is 4.86. The van der Waals surface area contributed by atoms with Crippen LogP contribution in [0.1, 0.15) is 39.1 Å². The molecular weight excluding hydrogens is 458 g/mol. The van der Waals surface area contributed by atoms with Crippen LogP contribution >= 0.6 is 0 Å². The molecule has 0 saturated carbocycles. The van der Waals surface area contributed by atoms with Crippen LogP contribution in [-0.2, 0) is 14.3 Å². The summed E-state index contributed by atoms with van der Waals surface area (Å²) in [7, 11) is 0. The minimum Gasteiger partial charge on any atom is -0.456 e. The highest BCUT2D eigenvalue weighted by molar-refractivity contribution is 6.13. The number of carbonyl (C=O) groups is 4. The highest BCUT2D eigenvalue weighted by atomic mass is 19.1. The van der Waals surface area contributed by atoms with Crippen molar-refractivity contribution in [1.29, 1.82) is 0 Å². The second-order valence-electron chi connectivity index (χ2n) is 7.43. The van der Waals surface area contributed by atoms with Crippen molar-refractivity contribution in [3.63, 3.8) is 0 Å². The first-order valence-electron chi connectivity index (χ1n) is 10.7. The molecule has 35 heavy (non-hydrogen) atoms. The van der Waals surface area contributed by atoms with E-state index >= 15 is 0 Å². The zero-order chi connectivity index (χ0) is 25.2. The van der Waals surface area contributed by atoms with E-state index in [-0.39, 0.29) is 36.4 Å². The molecule has 0 aliphatic rings. The summed E-state index contributed by atoms with van der Waals surface area (Å²) in [6.07, 6.45) is 0.0892. The molecule has 0 fully saturated rings. The van der Waals surface area contributed by atoms with Gasteiger partial charge in [-0.05, 0) is 30.7 Å². The molecule has 0 aromatic heterocycles. The zero-order valence-corrected chi connectivity index (χ0v) is 18.6. The van der Waals surface area contributed by atoms with Gasteiger partial charge in [-0.2, -0.15) is 0 Å². The Bertz CT molecular complexity index is 1230. The number of para-hydroxylation sites is 1. The number of nitrogens with one attached hydrogen (secondary N) is 2. The number of hydrogen-bond acceptors (Lipinski definition) is 5. The van der Waals surface area contributed by atoms with Gasteiger partial charge in [-0.3, -0.25) is 19.2 Å². The Balaban J connectivity index is 1.42. The molecule has 0 unspecified atom stereocenters. The van der Waals surface area contributed by atoms with E-state index in [4.69, 9.17) is 4.74 Å². The summed E-state index contributed by atoms with van der Waals surface area (Å²) < 4.78 is 31.4. The van der Waals surface area contributed by atoms with Crippen molar-refractivity contribution in [1.82, 2.24) is 5.32 Å². The van der Waals surface area contributed by atoms with Crippen molar-refractivity contribution in [2.75, 3.05) is 18.5 Å². The molecule has 0 aliphatic carbocycles. The summed E-state index contributed by atoms with van der Waals surface area (Å²) >= 11 is 0. The molecule has 0 spiro atoms. The first kappa shape index (κ1) is 25.2. The average Bonchev–Trinajstić information content (AvgIpc) is 2.85. The van der Waals surface area contributed by atoms with E-state index in [1.165, 1.54) is 0 Å². The number of esters is 1. The fourth-order valence-corrected chi connectivity index (χ4v) is 3.14. The molecule has 2 N–H and O–H groups in total. The van der Waals surface area contributed by atoms with Crippen LogP contribution in [0.3, 0.4) is 0 Å². The van der Waals surface area contributed by atoms with E-state index in [9.17, 15) is 28.0 Å². The summed E-state index contributed by atoms with van der Waals surface area (Å²) in [5.74, 6) is -4.07.